The highest BCUT2D eigenvalue weighted by Gasteiger charge is 2.26. The van der Waals surface area contributed by atoms with Gasteiger partial charge in [-0.25, -0.2) is 0 Å². The number of carbonyl (C=O) groups is 1. The zero-order valence-corrected chi connectivity index (χ0v) is 9.37. The number of carbonyl (C=O) groups excluding carboxylic acids is 1. The number of aromatic hydroxyl groups is 1. The smallest absolute Gasteiger partial charge is 0.293 e. The van der Waals surface area contributed by atoms with Crippen LogP contribution in [0.5, 0.6) is 5.75 Å². The van der Waals surface area contributed by atoms with Gasteiger partial charge in [0.1, 0.15) is 0 Å². The van der Waals surface area contributed by atoms with E-state index in [0.29, 0.717) is 0 Å². The van der Waals surface area contributed by atoms with Gasteiger partial charge in [0.25, 0.3) is 5.56 Å². The summed E-state index contributed by atoms with van der Waals surface area (Å²) in [5.41, 5.74) is -1.07. The molecule has 0 radical (unpaired) electrons. The van der Waals surface area contributed by atoms with Crippen LogP contribution in [0.2, 0.25) is 0 Å². The van der Waals surface area contributed by atoms with Gasteiger partial charge in [-0.3, -0.25) is 9.59 Å². The van der Waals surface area contributed by atoms with E-state index in [1.807, 2.05) is 0 Å². The molecule has 0 aliphatic rings. The van der Waals surface area contributed by atoms with Gasteiger partial charge >= 0.3 is 0 Å². The predicted octanol–water partition coefficient (Wildman–Crippen LogP) is 1.32. The molecule has 0 bridgehead atoms. The van der Waals surface area contributed by atoms with Crippen molar-refractivity contribution in [1.29, 1.82) is 0 Å². The van der Waals surface area contributed by atoms with Crippen molar-refractivity contribution in [3.05, 3.63) is 28.2 Å². The Morgan fingerprint density at radius 2 is 1.93 bits per heavy atom. The number of aryl methyl sites for hydroxylation is 1. The second kappa shape index (κ2) is 3.53. The maximum absolute atomic E-state index is 11.8. The summed E-state index contributed by atoms with van der Waals surface area (Å²) in [6.45, 7) is 5.23. The summed E-state index contributed by atoms with van der Waals surface area (Å²) in [6, 6.07) is 1.46. The molecule has 0 aliphatic heterocycles. The average molecular weight is 209 g/mol. The predicted molar refractivity (Wildman–Crippen MR) is 57.1 cm³/mol. The Hall–Kier alpha value is -1.58. The van der Waals surface area contributed by atoms with Crippen LogP contribution >= 0.6 is 0 Å². The Labute approximate surface area is 88.2 Å². The minimum absolute atomic E-state index is 0.0885. The molecule has 4 nitrogen and oxygen atoms in total. The zero-order chi connectivity index (χ0) is 11.8. The van der Waals surface area contributed by atoms with Crippen LogP contribution in [0.1, 0.15) is 31.1 Å². The average Bonchev–Trinajstić information content (AvgIpc) is 2.12. The van der Waals surface area contributed by atoms with Gasteiger partial charge in [-0.15, -0.1) is 0 Å². The van der Waals surface area contributed by atoms with Crippen molar-refractivity contribution in [2.75, 3.05) is 0 Å². The van der Waals surface area contributed by atoms with Crippen molar-refractivity contribution in [3.8, 4) is 5.75 Å². The van der Waals surface area contributed by atoms with E-state index >= 15 is 0 Å². The molecule has 0 unspecified atom stereocenters. The summed E-state index contributed by atoms with van der Waals surface area (Å²) in [7, 11) is 1.52. The molecule has 0 saturated carbocycles. The van der Waals surface area contributed by atoms with Gasteiger partial charge in [0.05, 0.1) is 5.56 Å². The molecule has 1 aromatic rings. The van der Waals surface area contributed by atoms with E-state index in [4.69, 9.17) is 0 Å². The molecule has 0 amide bonds. The molecule has 4 heteroatoms. The molecular formula is C11H15NO3. The maximum Gasteiger partial charge on any atom is 0.293 e. The molecule has 0 saturated heterocycles. The maximum atomic E-state index is 11.8. The SMILES string of the molecule is Cn1ccc(C(=O)C(C)(C)C)c(O)c1=O. The van der Waals surface area contributed by atoms with Crippen LogP contribution in [0, 0.1) is 5.41 Å². The van der Waals surface area contributed by atoms with E-state index in [1.54, 1.807) is 20.8 Å². The zero-order valence-electron chi connectivity index (χ0n) is 9.37. The largest absolute Gasteiger partial charge is 0.503 e. The van der Waals surface area contributed by atoms with E-state index in [9.17, 15) is 14.7 Å². The van der Waals surface area contributed by atoms with E-state index in [-0.39, 0.29) is 11.3 Å². The number of rotatable bonds is 1. The van der Waals surface area contributed by atoms with Gasteiger partial charge in [0, 0.05) is 18.7 Å². The van der Waals surface area contributed by atoms with Gasteiger partial charge in [-0.2, -0.15) is 0 Å². The Morgan fingerprint density at radius 3 is 2.40 bits per heavy atom. The second-order valence-electron chi connectivity index (χ2n) is 4.57. The van der Waals surface area contributed by atoms with Crippen LogP contribution in [-0.2, 0) is 7.05 Å². The summed E-state index contributed by atoms with van der Waals surface area (Å²) in [6.07, 6.45) is 1.47. The van der Waals surface area contributed by atoms with E-state index < -0.39 is 16.7 Å². The van der Waals surface area contributed by atoms with Gasteiger partial charge < -0.3 is 9.67 Å². The fourth-order valence-corrected chi connectivity index (χ4v) is 1.20. The fourth-order valence-electron chi connectivity index (χ4n) is 1.20. The summed E-state index contributed by atoms with van der Waals surface area (Å²) in [4.78, 5) is 23.2. The minimum atomic E-state index is -0.607. The Morgan fingerprint density at radius 1 is 1.40 bits per heavy atom. The number of ketones is 1. The third kappa shape index (κ3) is 2.09. The number of nitrogens with zero attached hydrogens (tertiary/aromatic N) is 1. The number of hydrogen-bond acceptors (Lipinski definition) is 3. The lowest BCUT2D eigenvalue weighted by Crippen LogP contribution is -2.24. The second-order valence-corrected chi connectivity index (χ2v) is 4.57. The van der Waals surface area contributed by atoms with E-state index in [0.717, 1.165) is 0 Å². The van der Waals surface area contributed by atoms with Crippen LogP contribution in [0.3, 0.4) is 0 Å². The standard InChI is InChI=1S/C11H15NO3/c1-11(2,3)9(14)7-5-6-12(4)10(15)8(7)13/h5-6,13H,1-4H3. The molecule has 0 aliphatic carbocycles. The highest BCUT2D eigenvalue weighted by atomic mass is 16.3. The summed E-state index contributed by atoms with van der Waals surface area (Å²) >= 11 is 0. The number of hydrogen-bond donors (Lipinski definition) is 1. The van der Waals surface area contributed by atoms with E-state index in [2.05, 4.69) is 0 Å². The first-order valence-electron chi connectivity index (χ1n) is 4.68. The van der Waals surface area contributed by atoms with Crippen molar-refractivity contribution in [3.63, 3.8) is 0 Å². The van der Waals surface area contributed by atoms with Gasteiger partial charge in [-0.1, -0.05) is 20.8 Å². The normalized spacial score (nSPS) is 11.5. The van der Waals surface area contributed by atoms with Gasteiger partial charge in [0.2, 0.25) is 0 Å². The van der Waals surface area contributed by atoms with Crippen molar-refractivity contribution >= 4 is 5.78 Å². The molecule has 1 N–H and O–H groups in total. The Kier molecular flexibility index (Phi) is 2.71. The third-order valence-electron chi connectivity index (χ3n) is 2.17. The lowest BCUT2D eigenvalue weighted by Gasteiger charge is -2.17. The Balaban J connectivity index is 3.36. The first-order valence-corrected chi connectivity index (χ1v) is 4.68. The topological polar surface area (TPSA) is 59.3 Å². The van der Waals surface area contributed by atoms with E-state index in [1.165, 1.54) is 23.9 Å². The first kappa shape index (κ1) is 11.5. The monoisotopic (exact) mass is 209 g/mol. The molecule has 0 atom stereocenters. The Bertz CT molecular complexity index is 452. The molecule has 15 heavy (non-hydrogen) atoms. The number of aromatic nitrogens is 1. The van der Waals surface area contributed by atoms with Crippen LogP contribution in [0.15, 0.2) is 17.1 Å². The van der Waals surface area contributed by atoms with Crippen LogP contribution in [-0.4, -0.2) is 15.5 Å². The van der Waals surface area contributed by atoms with Crippen molar-refractivity contribution in [1.82, 2.24) is 4.57 Å². The number of pyridine rings is 1. The van der Waals surface area contributed by atoms with Crippen LogP contribution in [0.25, 0.3) is 0 Å². The highest BCUT2D eigenvalue weighted by Crippen LogP contribution is 2.24. The minimum Gasteiger partial charge on any atom is -0.503 e. The summed E-state index contributed by atoms with van der Waals surface area (Å²) in [5, 5.41) is 9.56. The molecule has 1 heterocycles. The van der Waals surface area contributed by atoms with Crippen LogP contribution in [0.4, 0.5) is 0 Å². The lowest BCUT2D eigenvalue weighted by molar-refractivity contribution is 0.0855. The highest BCUT2D eigenvalue weighted by molar-refractivity contribution is 6.01. The molecule has 82 valence electrons. The summed E-state index contributed by atoms with van der Waals surface area (Å²) in [5.74, 6) is -0.711. The molecule has 1 aromatic heterocycles. The van der Waals surface area contributed by atoms with Crippen LogP contribution < -0.4 is 5.56 Å². The van der Waals surface area contributed by atoms with Gasteiger partial charge in [-0.05, 0) is 6.07 Å². The van der Waals surface area contributed by atoms with Crippen molar-refractivity contribution in [2.24, 2.45) is 12.5 Å². The van der Waals surface area contributed by atoms with Crippen molar-refractivity contribution in [2.45, 2.75) is 20.8 Å². The molecule has 1 rings (SSSR count). The first-order chi connectivity index (χ1) is 6.75. The molecule has 0 aromatic carbocycles. The summed E-state index contributed by atoms with van der Waals surface area (Å²) < 4.78 is 1.23. The quantitative estimate of drug-likeness (QED) is 0.709. The lowest BCUT2D eigenvalue weighted by atomic mass is 9.86. The number of Topliss-reactive ketones (excluding diaryl/α,β-unsaturated/α-hetero) is 1. The molecule has 0 fully saturated rings. The molecular weight excluding hydrogens is 194 g/mol. The molecule has 0 spiro atoms. The van der Waals surface area contributed by atoms with Gasteiger partial charge in [0.15, 0.2) is 11.5 Å². The van der Waals surface area contributed by atoms with Crippen molar-refractivity contribution < 1.29 is 9.90 Å². The fraction of sp³-hybridized carbons (Fsp3) is 0.455. The third-order valence-corrected chi connectivity index (χ3v) is 2.17.